The van der Waals surface area contributed by atoms with E-state index >= 15 is 4.39 Å². The predicted octanol–water partition coefficient (Wildman–Crippen LogP) is 7.53. The largest absolute Gasteiger partial charge is 0.380 e. The van der Waals surface area contributed by atoms with Gasteiger partial charge in [0, 0.05) is 28.3 Å². The Balaban J connectivity index is 1.99. The number of hydrogen-bond acceptors (Lipinski definition) is 3. The number of hydrogen-bond donors (Lipinski definition) is 2. The van der Waals surface area contributed by atoms with E-state index in [1.54, 1.807) is 19.1 Å². The van der Waals surface area contributed by atoms with Gasteiger partial charge in [0.1, 0.15) is 11.6 Å². The fourth-order valence-electron chi connectivity index (χ4n) is 5.41. The lowest BCUT2D eigenvalue weighted by Crippen LogP contribution is -2.43. The summed E-state index contributed by atoms with van der Waals surface area (Å²) in [6.45, 7) is 14.8. The van der Waals surface area contributed by atoms with E-state index in [1.165, 1.54) is 24.3 Å². The number of nitrogens with one attached hydrogen (secondary N) is 2. The highest BCUT2D eigenvalue weighted by molar-refractivity contribution is 6.04. The summed E-state index contributed by atoms with van der Waals surface area (Å²) >= 11 is 0. The minimum absolute atomic E-state index is 0.00710. The highest BCUT2D eigenvalue weighted by atomic mass is 19.1. The number of benzene rings is 1. The quantitative estimate of drug-likeness (QED) is 0.382. The van der Waals surface area contributed by atoms with Crippen LogP contribution in [0.25, 0.3) is 0 Å². The van der Waals surface area contributed by atoms with Gasteiger partial charge in [-0.25, -0.2) is 8.78 Å². The maximum absolute atomic E-state index is 15.5. The minimum atomic E-state index is -0.614. The third-order valence-corrected chi connectivity index (χ3v) is 8.09. The number of ether oxygens (including phenoxy) is 1. The van der Waals surface area contributed by atoms with E-state index in [2.05, 4.69) is 19.2 Å². The molecule has 3 rings (SSSR count). The first kappa shape index (κ1) is 28.0. The fraction of sp³-hybridized carbons (Fsp3) is 0.533. The van der Waals surface area contributed by atoms with Gasteiger partial charge in [0.2, 0.25) is 0 Å². The van der Waals surface area contributed by atoms with Gasteiger partial charge in [-0.05, 0) is 66.5 Å². The molecule has 1 aliphatic carbocycles. The van der Waals surface area contributed by atoms with Crippen LogP contribution >= 0.6 is 0 Å². The van der Waals surface area contributed by atoms with Crippen molar-refractivity contribution in [3.63, 3.8) is 0 Å². The summed E-state index contributed by atoms with van der Waals surface area (Å²) in [5.74, 6) is -1.28. The van der Waals surface area contributed by atoms with E-state index in [9.17, 15) is 9.18 Å². The Hall–Kier alpha value is -2.60. The molecule has 1 fully saturated rings. The molecular weight excluding hydrogens is 458 g/mol. The summed E-state index contributed by atoms with van der Waals surface area (Å²) in [6, 6.07) is 4.68. The molecule has 4 unspecified atom stereocenters. The SMILES string of the molecule is CCC(CC(=N)C(C)(C)C)C1(c2cc(NC(=O)C3=CC=C(F)C=C(C)C3C)ccc2F)COCC1C. The number of halogens is 2. The van der Waals surface area contributed by atoms with Crippen molar-refractivity contribution in [1.29, 1.82) is 5.41 Å². The van der Waals surface area contributed by atoms with Crippen LogP contribution in [0.1, 0.15) is 66.9 Å². The van der Waals surface area contributed by atoms with Crippen LogP contribution < -0.4 is 5.32 Å². The monoisotopic (exact) mass is 498 g/mol. The topological polar surface area (TPSA) is 62.2 Å². The summed E-state index contributed by atoms with van der Waals surface area (Å²) < 4.78 is 35.3. The fourth-order valence-corrected chi connectivity index (χ4v) is 5.41. The van der Waals surface area contributed by atoms with Gasteiger partial charge in [0.05, 0.1) is 13.2 Å². The molecule has 2 N–H and O–H groups in total. The molecule has 4 atom stereocenters. The Morgan fingerprint density at radius 1 is 1.25 bits per heavy atom. The van der Waals surface area contributed by atoms with Crippen LogP contribution in [0.4, 0.5) is 14.5 Å². The molecule has 6 heteroatoms. The van der Waals surface area contributed by atoms with Crippen molar-refractivity contribution in [3.8, 4) is 0 Å². The highest BCUT2D eigenvalue weighted by Crippen LogP contribution is 2.49. The molecule has 0 bridgehead atoms. The highest BCUT2D eigenvalue weighted by Gasteiger charge is 2.50. The molecule has 0 aromatic heterocycles. The van der Waals surface area contributed by atoms with Gasteiger partial charge in [-0.15, -0.1) is 0 Å². The van der Waals surface area contributed by atoms with E-state index in [1.807, 2.05) is 27.7 Å². The molecule has 0 radical (unpaired) electrons. The maximum atomic E-state index is 15.5. The summed E-state index contributed by atoms with van der Waals surface area (Å²) in [5, 5.41) is 11.6. The van der Waals surface area contributed by atoms with Crippen LogP contribution in [0.3, 0.4) is 0 Å². The smallest absolute Gasteiger partial charge is 0.252 e. The predicted molar refractivity (Wildman–Crippen MR) is 142 cm³/mol. The lowest BCUT2D eigenvalue weighted by molar-refractivity contribution is -0.113. The summed E-state index contributed by atoms with van der Waals surface area (Å²) in [6.07, 6.45) is 5.56. The first-order chi connectivity index (χ1) is 16.8. The van der Waals surface area contributed by atoms with Crippen LogP contribution in [0.15, 0.2) is 53.4 Å². The van der Waals surface area contributed by atoms with Crippen LogP contribution in [-0.4, -0.2) is 24.8 Å². The Labute approximate surface area is 214 Å². The lowest BCUT2D eigenvalue weighted by Gasteiger charge is -2.41. The Morgan fingerprint density at radius 2 is 1.94 bits per heavy atom. The first-order valence-electron chi connectivity index (χ1n) is 12.8. The van der Waals surface area contributed by atoms with E-state index in [0.717, 1.165) is 12.0 Å². The lowest BCUT2D eigenvalue weighted by atomic mass is 9.61. The van der Waals surface area contributed by atoms with Crippen molar-refractivity contribution in [2.75, 3.05) is 18.5 Å². The Morgan fingerprint density at radius 3 is 2.53 bits per heavy atom. The van der Waals surface area contributed by atoms with Crippen molar-refractivity contribution >= 4 is 17.3 Å². The summed E-state index contributed by atoms with van der Waals surface area (Å²) in [7, 11) is 0. The van der Waals surface area contributed by atoms with Crippen LogP contribution in [0, 0.1) is 34.4 Å². The third kappa shape index (κ3) is 5.54. The van der Waals surface area contributed by atoms with E-state index < -0.39 is 11.2 Å². The molecule has 36 heavy (non-hydrogen) atoms. The minimum Gasteiger partial charge on any atom is -0.380 e. The van der Waals surface area contributed by atoms with Gasteiger partial charge in [0.15, 0.2) is 0 Å². The van der Waals surface area contributed by atoms with Gasteiger partial charge >= 0.3 is 0 Å². The molecule has 2 aliphatic rings. The van der Waals surface area contributed by atoms with Crippen molar-refractivity contribution in [2.45, 2.75) is 66.7 Å². The average molecular weight is 499 g/mol. The maximum Gasteiger partial charge on any atom is 0.252 e. The van der Waals surface area contributed by atoms with Gasteiger partial charge in [-0.3, -0.25) is 4.79 Å². The van der Waals surface area contributed by atoms with Crippen molar-refractivity contribution < 1.29 is 18.3 Å². The van der Waals surface area contributed by atoms with Crippen molar-refractivity contribution in [1.82, 2.24) is 0 Å². The molecule has 1 heterocycles. The van der Waals surface area contributed by atoms with Crippen LogP contribution in [-0.2, 0) is 14.9 Å². The van der Waals surface area contributed by atoms with E-state index in [0.29, 0.717) is 42.2 Å². The molecule has 1 saturated heterocycles. The van der Waals surface area contributed by atoms with E-state index in [4.69, 9.17) is 10.1 Å². The number of rotatable bonds is 7. The van der Waals surface area contributed by atoms with Gasteiger partial charge < -0.3 is 15.5 Å². The van der Waals surface area contributed by atoms with Gasteiger partial charge in [-0.2, -0.15) is 0 Å². The Kier molecular flexibility index (Phi) is 8.39. The molecule has 0 saturated carbocycles. The number of carbonyl (C=O) groups excluding carboxylic acids is 1. The zero-order valence-electron chi connectivity index (χ0n) is 22.6. The van der Waals surface area contributed by atoms with Crippen molar-refractivity contribution in [2.24, 2.45) is 23.2 Å². The summed E-state index contributed by atoms with van der Waals surface area (Å²) in [5.41, 5.74) is 1.95. The van der Waals surface area contributed by atoms with E-state index in [-0.39, 0.29) is 34.9 Å². The Bertz CT molecular complexity index is 1110. The van der Waals surface area contributed by atoms with Gasteiger partial charge in [0.25, 0.3) is 5.91 Å². The number of anilines is 1. The van der Waals surface area contributed by atoms with Crippen LogP contribution in [0.5, 0.6) is 0 Å². The average Bonchev–Trinajstić information content (AvgIpc) is 3.13. The second kappa shape index (κ2) is 10.8. The normalized spacial score (nSPS) is 25.4. The molecule has 196 valence electrons. The second-order valence-corrected chi connectivity index (χ2v) is 11.4. The summed E-state index contributed by atoms with van der Waals surface area (Å²) in [4.78, 5) is 13.2. The zero-order valence-corrected chi connectivity index (χ0v) is 22.6. The third-order valence-electron chi connectivity index (χ3n) is 8.09. The van der Waals surface area contributed by atoms with Crippen LogP contribution in [0.2, 0.25) is 0 Å². The molecular formula is C30H40F2N2O2. The second-order valence-electron chi connectivity index (χ2n) is 11.4. The number of carbonyl (C=O) groups is 1. The molecule has 0 spiro atoms. The van der Waals surface area contributed by atoms with Crippen molar-refractivity contribution in [3.05, 3.63) is 64.8 Å². The number of amides is 1. The molecule has 1 amide bonds. The first-order valence-corrected chi connectivity index (χ1v) is 12.8. The molecule has 4 nitrogen and oxygen atoms in total. The molecule has 1 aromatic carbocycles. The number of allylic oxidation sites excluding steroid dienone is 5. The standard InChI is InChI=1S/C30H40F2N2O2/c1-8-21(14-27(33)29(5,6)7)30(17-36-16-19(30)3)25-15-23(10-12-26(25)32)34-28(35)24-11-9-22(31)13-18(2)20(24)4/h9-13,15,19-21,33H,8,14,16-17H2,1-7H3,(H,34,35). The van der Waals surface area contributed by atoms with Gasteiger partial charge in [-0.1, -0.05) is 59.6 Å². The molecule has 1 aliphatic heterocycles. The molecule has 1 aromatic rings. The zero-order chi connectivity index (χ0) is 26.8.